The van der Waals surface area contributed by atoms with Crippen LogP contribution in [0.4, 0.5) is 0 Å². The van der Waals surface area contributed by atoms with E-state index in [9.17, 15) is 4.79 Å². The van der Waals surface area contributed by atoms with E-state index in [2.05, 4.69) is 18.4 Å². The minimum Gasteiger partial charge on any atom is -0.481 e. The third kappa shape index (κ3) is 3.06. The zero-order valence-corrected chi connectivity index (χ0v) is 9.75. The van der Waals surface area contributed by atoms with Crippen LogP contribution in [-0.2, 0) is 4.79 Å². The molecule has 0 amide bonds. The fraction of sp³-hybridized carbons (Fsp3) is 0.750. The Bertz CT molecular complexity index is 262. The molecule has 1 atom stereocenters. The molecule has 0 saturated carbocycles. The second-order valence-electron chi connectivity index (χ2n) is 4.78. The van der Waals surface area contributed by atoms with Crippen LogP contribution >= 0.6 is 0 Å². The van der Waals surface area contributed by atoms with Crippen LogP contribution in [0, 0.1) is 5.41 Å². The van der Waals surface area contributed by atoms with Crippen molar-refractivity contribution in [1.82, 2.24) is 4.90 Å². The molecule has 1 aliphatic heterocycles. The van der Waals surface area contributed by atoms with Crippen LogP contribution in [0.2, 0.25) is 0 Å². The van der Waals surface area contributed by atoms with E-state index < -0.39 is 11.4 Å². The van der Waals surface area contributed by atoms with E-state index in [-0.39, 0.29) is 0 Å². The van der Waals surface area contributed by atoms with Gasteiger partial charge in [0.2, 0.25) is 0 Å². The van der Waals surface area contributed by atoms with Crippen molar-refractivity contribution in [2.45, 2.75) is 33.1 Å². The summed E-state index contributed by atoms with van der Waals surface area (Å²) in [6.07, 6.45) is 2.73. The average Bonchev–Trinajstić information content (AvgIpc) is 2.17. The van der Waals surface area contributed by atoms with Gasteiger partial charge in [0.05, 0.1) is 5.41 Å². The van der Waals surface area contributed by atoms with E-state index >= 15 is 0 Å². The highest BCUT2D eigenvalue weighted by molar-refractivity contribution is 5.74. The summed E-state index contributed by atoms with van der Waals surface area (Å²) in [5.74, 6) is -0.672. The zero-order chi connectivity index (χ0) is 11.5. The van der Waals surface area contributed by atoms with Gasteiger partial charge in [-0.25, -0.2) is 0 Å². The lowest BCUT2D eigenvalue weighted by atomic mass is 9.82. The molecule has 0 aromatic heterocycles. The van der Waals surface area contributed by atoms with Crippen molar-refractivity contribution in [3.63, 3.8) is 0 Å². The highest BCUT2D eigenvalue weighted by Gasteiger charge is 2.37. The summed E-state index contributed by atoms with van der Waals surface area (Å²) in [5.41, 5.74) is 0.622. The molecule has 1 aliphatic rings. The summed E-state index contributed by atoms with van der Waals surface area (Å²) in [7, 11) is 0. The Morgan fingerprint density at radius 1 is 1.60 bits per heavy atom. The number of piperidine rings is 1. The number of carbonyl (C=O) groups is 1. The number of carboxylic acid groups (broad SMARTS) is 1. The van der Waals surface area contributed by atoms with Gasteiger partial charge in [0.1, 0.15) is 0 Å². The van der Waals surface area contributed by atoms with Crippen molar-refractivity contribution in [1.29, 1.82) is 0 Å². The van der Waals surface area contributed by atoms with Crippen molar-refractivity contribution in [3.05, 3.63) is 12.2 Å². The van der Waals surface area contributed by atoms with E-state index in [4.69, 9.17) is 5.11 Å². The third-order valence-electron chi connectivity index (χ3n) is 3.24. The van der Waals surface area contributed by atoms with E-state index in [0.29, 0.717) is 6.54 Å². The summed E-state index contributed by atoms with van der Waals surface area (Å²) in [6.45, 7) is 10.4. The lowest BCUT2D eigenvalue weighted by Gasteiger charge is -2.37. The molecule has 1 N–H and O–H groups in total. The maximum Gasteiger partial charge on any atom is 0.310 e. The predicted molar refractivity (Wildman–Crippen MR) is 60.8 cm³/mol. The van der Waals surface area contributed by atoms with Crippen molar-refractivity contribution < 1.29 is 9.90 Å². The number of hydrogen-bond acceptors (Lipinski definition) is 2. The number of likely N-dealkylation sites (tertiary alicyclic amines) is 1. The third-order valence-corrected chi connectivity index (χ3v) is 3.24. The van der Waals surface area contributed by atoms with Crippen LogP contribution < -0.4 is 0 Å². The number of carboxylic acids is 1. The van der Waals surface area contributed by atoms with Gasteiger partial charge in [-0.05, 0) is 32.7 Å². The molecule has 0 aromatic rings. The van der Waals surface area contributed by atoms with Gasteiger partial charge >= 0.3 is 5.97 Å². The smallest absolute Gasteiger partial charge is 0.310 e. The lowest BCUT2D eigenvalue weighted by Crippen LogP contribution is -2.46. The van der Waals surface area contributed by atoms with Crippen LogP contribution in [-0.4, -0.2) is 35.6 Å². The molecule has 86 valence electrons. The molecule has 3 nitrogen and oxygen atoms in total. The molecule has 1 unspecified atom stereocenters. The first-order valence-electron chi connectivity index (χ1n) is 5.60. The molecular formula is C12H21NO2. The van der Waals surface area contributed by atoms with Crippen LogP contribution in [0.5, 0.6) is 0 Å². The Hall–Kier alpha value is -0.830. The molecule has 0 aliphatic carbocycles. The SMILES string of the molecule is C=C(CC)CN1CCCC(C)(C(=O)O)C1. The molecule has 1 heterocycles. The van der Waals surface area contributed by atoms with Crippen molar-refractivity contribution >= 4 is 5.97 Å². The van der Waals surface area contributed by atoms with Gasteiger partial charge in [0, 0.05) is 13.1 Å². The Balaban J connectivity index is 2.56. The topological polar surface area (TPSA) is 40.5 Å². The molecule has 1 fully saturated rings. The number of hydrogen-bond donors (Lipinski definition) is 1. The normalized spacial score (nSPS) is 27.6. The minimum absolute atomic E-state index is 0.563. The van der Waals surface area contributed by atoms with Gasteiger partial charge in [-0.1, -0.05) is 19.1 Å². The second kappa shape index (κ2) is 4.79. The van der Waals surface area contributed by atoms with E-state index in [1.807, 2.05) is 6.92 Å². The zero-order valence-electron chi connectivity index (χ0n) is 9.75. The fourth-order valence-electron chi connectivity index (χ4n) is 2.08. The first-order chi connectivity index (χ1) is 6.98. The molecule has 0 radical (unpaired) electrons. The van der Waals surface area contributed by atoms with Crippen LogP contribution in [0.1, 0.15) is 33.1 Å². The van der Waals surface area contributed by atoms with E-state index in [1.54, 1.807) is 0 Å². The molecule has 0 aromatic carbocycles. The largest absolute Gasteiger partial charge is 0.481 e. The average molecular weight is 211 g/mol. The first-order valence-corrected chi connectivity index (χ1v) is 5.60. The Kier molecular flexibility index (Phi) is 3.91. The van der Waals surface area contributed by atoms with Crippen LogP contribution in [0.25, 0.3) is 0 Å². The summed E-state index contributed by atoms with van der Waals surface area (Å²) in [6, 6.07) is 0. The molecule has 0 bridgehead atoms. The Morgan fingerprint density at radius 2 is 2.27 bits per heavy atom. The predicted octanol–water partition coefficient (Wildman–Crippen LogP) is 2.14. The van der Waals surface area contributed by atoms with Gasteiger partial charge in [-0.2, -0.15) is 0 Å². The highest BCUT2D eigenvalue weighted by atomic mass is 16.4. The van der Waals surface area contributed by atoms with Gasteiger partial charge in [0.15, 0.2) is 0 Å². The number of aliphatic carboxylic acids is 1. The van der Waals surface area contributed by atoms with Crippen molar-refractivity contribution in [2.75, 3.05) is 19.6 Å². The van der Waals surface area contributed by atoms with E-state index in [1.165, 1.54) is 5.57 Å². The van der Waals surface area contributed by atoms with Gasteiger partial charge in [0.25, 0.3) is 0 Å². The molecule has 0 spiro atoms. The lowest BCUT2D eigenvalue weighted by molar-refractivity contribution is -0.151. The second-order valence-corrected chi connectivity index (χ2v) is 4.78. The summed E-state index contributed by atoms with van der Waals surface area (Å²) in [5, 5.41) is 9.16. The van der Waals surface area contributed by atoms with Gasteiger partial charge in [-0.15, -0.1) is 0 Å². The minimum atomic E-state index is -0.672. The standard InChI is InChI=1S/C12H21NO2/c1-4-10(2)8-13-7-5-6-12(3,9-13)11(14)15/h2,4-9H2,1,3H3,(H,14,15). The van der Waals surface area contributed by atoms with Crippen LogP contribution in [0.15, 0.2) is 12.2 Å². The van der Waals surface area contributed by atoms with Crippen LogP contribution in [0.3, 0.4) is 0 Å². The molecule has 15 heavy (non-hydrogen) atoms. The highest BCUT2D eigenvalue weighted by Crippen LogP contribution is 2.29. The molecular weight excluding hydrogens is 190 g/mol. The maximum absolute atomic E-state index is 11.1. The summed E-state index contributed by atoms with van der Waals surface area (Å²) < 4.78 is 0. The van der Waals surface area contributed by atoms with Crippen molar-refractivity contribution in [3.8, 4) is 0 Å². The summed E-state index contributed by atoms with van der Waals surface area (Å²) >= 11 is 0. The Labute approximate surface area is 91.8 Å². The number of nitrogens with zero attached hydrogens (tertiary/aromatic N) is 1. The maximum atomic E-state index is 11.1. The fourth-order valence-corrected chi connectivity index (χ4v) is 2.08. The molecule has 1 saturated heterocycles. The Morgan fingerprint density at radius 3 is 2.80 bits per heavy atom. The number of rotatable bonds is 4. The van der Waals surface area contributed by atoms with Gasteiger partial charge < -0.3 is 5.11 Å². The first kappa shape index (κ1) is 12.2. The summed E-state index contributed by atoms with van der Waals surface area (Å²) in [4.78, 5) is 13.3. The van der Waals surface area contributed by atoms with E-state index in [0.717, 1.165) is 32.4 Å². The van der Waals surface area contributed by atoms with Crippen molar-refractivity contribution in [2.24, 2.45) is 5.41 Å². The molecule has 3 heteroatoms. The van der Waals surface area contributed by atoms with Gasteiger partial charge in [-0.3, -0.25) is 9.69 Å². The molecule has 1 rings (SSSR count). The monoisotopic (exact) mass is 211 g/mol. The quantitative estimate of drug-likeness (QED) is 0.724.